The number of aryl methyl sites for hydroxylation is 1. The topological polar surface area (TPSA) is 75.5 Å². The van der Waals surface area contributed by atoms with Crippen molar-refractivity contribution in [1.29, 1.82) is 0 Å². The number of urea groups is 1. The number of ether oxygens (including phenoxy) is 1. The average molecular weight is 523 g/mol. The lowest BCUT2D eigenvalue weighted by molar-refractivity contribution is -0.0620. The molecule has 0 spiro atoms. The maximum atomic E-state index is 14.8. The van der Waals surface area contributed by atoms with Gasteiger partial charge >= 0.3 is 6.03 Å². The van der Waals surface area contributed by atoms with Crippen molar-refractivity contribution in [3.05, 3.63) is 35.7 Å². The summed E-state index contributed by atoms with van der Waals surface area (Å²) in [6.07, 6.45) is -1.36. The Labute approximate surface area is 216 Å². The Morgan fingerprint density at radius 1 is 1.22 bits per heavy atom. The molecule has 37 heavy (non-hydrogen) atoms. The second-order valence-corrected chi connectivity index (χ2v) is 11.3. The first-order valence-electron chi connectivity index (χ1n) is 12.8. The average Bonchev–Trinajstić information content (AvgIpc) is 3.38. The van der Waals surface area contributed by atoms with Crippen LogP contribution in [0.5, 0.6) is 0 Å². The summed E-state index contributed by atoms with van der Waals surface area (Å²) < 4.78 is 50.6. The highest BCUT2D eigenvalue weighted by Crippen LogP contribution is 2.40. The monoisotopic (exact) mass is 522 g/mol. The lowest BCUT2D eigenvalue weighted by atomic mass is 9.84. The van der Waals surface area contributed by atoms with Gasteiger partial charge in [-0.1, -0.05) is 20.8 Å². The van der Waals surface area contributed by atoms with Crippen LogP contribution < -0.4 is 5.32 Å². The Kier molecular flexibility index (Phi) is 7.85. The van der Waals surface area contributed by atoms with E-state index in [1.165, 1.54) is 4.68 Å². The number of nitrogens with zero attached hydrogens (tertiary/aromatic N) is 5. The molecule has 2 aromatic rings. The fourth-order valence-corrected chi connectivity index (χ4v) is 5.35. The van der Waals surface area contributed by atoms with E-state index in [1.54, 1.807) is 16.8 Å². The molecule has 0 unspecified atom stereocenters. The number of amides is 2. The molecule has 5 atom stereocenters. The number of nitrogens with one attached hydrogen (secondary N) is 1. The molecule has 0 aliphatic carbocycles. The first kappa shape index (κ1) is 27.4. The number of benzene rings is 1. The number of hydrogen-bond donors (Lipinski definition) is 1. The molecule has 1 aromatic heterocycles. The molecule has 0 saturated carbocycles. The molecule has 2 aliphatic rings. The van der Waals surface area contributed by atoms with Gasteiger partial charge in [-0.15, -0.1) is 0 Å². The fourth-order valence-electron chi connectivity index (χ4n) is 5.35. The minimum atomic E-state index is -1.09. The van der Waals surface area contributed by atoms with Crippen molar-refractivity contribution in [2.45, 2.75) is 59.0 Å². The van der Waals surface area contributed by atoms with E-state index in [2.05, 4.69) is 15.4 Å². The Bertz CT molecular complexity index is 1110. The lowest BCUT2D eigenvalue weighted by Crippen LogP contribution is -2.56. The molecule has 204 valence electrons. The third-order valence-electron chi connectivity index (χ3n) is 6.97. The number of rotatable bonds is 5. The van der Waals surface area contributed by atoms with Gasteiger partial charge in [-0.3, -0.25) is 4.68 Å². The van der Waals surface area contributed by atoms with Crippen molar-refractivity contribution < 1.29 is 22.7 Å². The van der Waals surface area contributed by atoms with Gasteiger partial charge in [0, 0.05) is 45.7 Å². The van der Waals surface area contributed by atoms with Crippen LogP contribution in [-0.4, -0.2) is 81.7 Å². The summed E-state index contributed by atoms with van der Waals surface area (Å²) in [6, 6.07) is 2.27. The maximum Gasteiger partial charge on any atom is 0.320 e. The molecule has 2 fully saturated rings. The van der Waals surface area contributed by atoms with E-state index in [0.29, 0.717) is 25.5 Å². The number of alkyl halides is 1. The highest BCUT2D eigenvalue weighted by Gasteiger charge is 2.43. The summed E-state index contributed by atoms with van der Waals surface area (Å²) in [6.45, 7) is 11.4. The Morgan fingerprint density at radius 2 is 1.89 bits per heavy atom. The standard InChI is InChI=1S/C26H37F3N6O2/c1-15-12-34(13-16(2)37-15)25(36)35(14-17-10-30-11-21(17)29)22(26(3,4)5)24-31-23(32-33(24)6)19-9-18(27)7-8-20(19)28/h7-9,15-17,21-22,30H,10-14H2,1-6H3/t15-,16+,17-,21-,22-/m0/s1. The van der Waals surface area contributed by atoms with E-state index in [9.17, 15) is 18.0 Å². The Balaban J connectivity index is 1.77. The highest BCUT2D eigenvalue weighted by molar-refractivity contribution is 5.75. The van der Waals surface area contributed by atoms with E-state index in [0.717, 1.165) is 18.2 Å². The molecule has 4 rings (SSSR count). The number of morpholine rings is 1. The predicted molar refractivity (Wildman–Crippen MR) is 133 cm³/mol. The van der Waals surface area contributed by atoms with Crippen LogP contribution in [0.1, 0.15) is 46.5 Å². The summed E-state index contributed by atoms with van der Waals surface area (Å²) in [5.74, 6) is -1.20. The quantitative estimate of drug-likeness (QED) is 0.644. The van der Waals surface area contributed by atoms with Crippen molar-refractivity contribution >= 4 is 6.03 Å². The van der Waals surface area contributed by atoms with Gasteiger partial charge in [-0.2, -0.15) is 5.10 Å². The summed E-state index contributed by atoms with van der Waals surface area (Å²) >= 11 is 0. The molecule has 1 aromatic carbocycles. The van der Waals surface area contributed by atoms with Crippen LogP contribution in [0.2, 0.25) is 0 Å². The predicted octanol–water partition coefficient (Wildman–Crippen LogP) is 3.94. The number of carbonyl (C=O) groups is 1. The van der Waals surface area contributed by atoms with Gasteiger partial charge in [0.15, 0.2) is 11.6 Å². The van der Waals surface area contributed by atoms with Gasteiger partial charge in [-0.25, -0.2) is 22.9 Å². The van der Waals surface area contributed by atoms with Gasteiger partial charge in [0.2, 0.25) is 0 Å². The third-order valence-corrected chi connectivity index (χ3v) is 6.97. The summed E-state index contributed by atoms with van der Waals surface area (Å²) in [5.41, 5.74) is -0.609. The van der Waals surface area contributed by atoms with Gasteiger partial charge in [0.05, 0.1) is 23.8 Å². The zero-order valence-electron chi connectivity index (χ0n) is 22.3. The minimum absolute atomic E-state index is 0.0238. The molecule has 8 nitrogen and oxygen atoms in total. The molecule has 11 heteroatoms. The van der Waals surface area contributed by atoms with Gasteiger partial charge in [-0.05, 0) is 37.5 Å². The summed E-state index contributed by atoms with van der Waals surface area (Å²) in [5, 5.41) is 7.45. The highest BCUT2D eigenvalue weighted by atomic mass is 19.1. The normalized spacial score (nSPS) is 25.4. The lowest BCUT2D eigenvalue weighted by Gasteiger charge is -2.44. The molecule has 0 radical (unpaired) electrons. The van der Waals surface area contributed by atoms with Crippen LogP contribution in [-0.2, 0) is 11.8 Å². The summed E-state index contributed by atoms with van der Waals surface area (Å²) in [4.78, 5) is 22.2. The van der Waals surface area contributed by atoms with E-state index in [1.807, 2.05) is 34.6 Å². The van der Waals surface area contributed by atoms with E-state index in [-0.39, 0.29) is 42.7 Å². The molecule has 1 N–H and O–H groups in total. The van der Waals surface area contributed by atoms with Crippen LogP contribution in [0.3, 0.4) is 0 Å². The molecule has 2 amide bonds. The number of hydrogen-bond acceptors (Lipinski definition) is 5. The van der Waals surface area contributed by atoms with E-state index >= 15 is 0 Å². The van der Waals surface area contributed by atoms with Crippen LogP contribution in [0.25, 0.3) is 11.4 Å². The van der Waals surface area contributed by atoms with Crippen LogP contribution in [0.4, 0.5) is 18.0 Å². The minimum Gasteiger partial charge on any atom is -0.372 e. The molecule has 0 bridgehead atoms. The number of carbonyl (C=O) groups excluding carboxylic acids is 1. The molecular formula is C26H37F3N6O2. The smallest absolute Gasteiger partial charge is 0.320 e. The summed E-state index contributed by atoms with van der Waals surface area (Å²) in [7, 11) is 1.67. The Morgan fingerprint density at radius 3 is 2.49 bits per heavy atom. The van der Waals surface area contributed by atoms with Gasteiger partial charge in [0.25, 0.3) is 0 Å². The van der Waals surface area contributed by atoms with Crippen molar-refractivity contribution in [2.75, 3.05) is 32.7 Å². The van der Waals surface area contributed by atoms with Gasteiger partial charge < -0.3 is 19.9 Å². The second kappa shape index (κ2) is 10.6. The van der Waals surface area contributed by atoms with Crippen molar-refractivity contribution in [2.24, 2.45) is 18.4 Å². The maximum absolute atomic E-state index is 14.8. The zero-order valence-corrected chi connectivity index (χ0v) is 22.3. The zero-order chi connectivity index (χ0) is 27.1. The van der Waals surface area contributed by atoms with Crippen molar-refractivity contribution in [3.8, 4) is 11.4 Å². The van der Waals surface area contributed by atoms with Gasteiger partial charge in [0.1, 0.15) is 17.8 Å². The third kappa shape index (κ3) is 5.93. The van der Waals surface area contributed by atoms with Crippen LogP contribution in [0.15, 0.2) is 18.2 Å². The van der Waals surface area contributed by atoms with Crippen LogP contribution in [0, 0.1) is 23.0 Å². The van der Waals surface area contributed by atoms with Crippen LogP contribution >= 0.6 is 0 Å². The van der Waals surface area contributed by atoms with E-state index in [4.69, 9.17) is 4.74 Å². The first-order chi connectivity index (χ1) is 17.3. The number of halogens is 3. The van der Waals surface area contributed by atoms with E-state index < -0.39 is 35.2 Å². The largest absolute Gasteiger partial charge is 0.372 e. The number of aromatic nitrogens is 3. The molecule has 2 saturated heterocycles. The fraction of sp³-hybridized carbons (Fsp3) is 0.654. The Hall–Kier alpha value is -2.66. The first-order valence-corrected chi connectivity index (χ1v) is 12.8. The molecule has 3 heterocycles. The molecule has 2 aliphatic heterocycles. The SMILES string of the molecule is C[C@@H]1CN(C(=O)N(C[C@@H]2CNC[C@@H]2F)[C@@H](c2nc(-c3cc(F)ccc3F)nn2C)C(C)(C)C)C[C@H](C)O1. The second-order valence-electron chi connectivity index (χ2n) is 11.3. The van der Waals surface area contributed by atoms with Crippen molar-refractivity contribution in [3.63, 3.8) is 0 Å². The molecular weight excluding hydrogens is 485 g/mol. The van der Waals surface area contributed by atoms with Crippen molar-refractivity contribution in [1.82, 2.24) is 29.9 Å².